The van der Waals surface area contributed by atoms with E-state index in [9.17, 15) is 0 Å². The summed E-state index contributed by atoms with van der Waals surface area (Å²) in [5.41, 5.74) is 30.2. The summed E-state index contributed by atoms with van der Waals surface area (Å²) in [6.45, 7) is 27.7. The second-order valence-corrected chi connectivity index (χ2v) is 34.2. The molecule has 3 heterocycles. The van der Waals surface area contributed by atoms with Gasteiger partial charge in [-0.1, -0.05) is 279 Å². The molecule has 4 aliphatic rings. The molecule has 0 saturated heterocycles. The van der Waals surface area contributed by atoms with Crippen molar-refractivity contribution in [1.29, 1.82) is 0 Å². The topological polar surface area (TPSA) is 45.2 Å². The van der Waals surface area contributed by atoms with Gasteiger partial charge in [-0.2, -0.15) is 0 Å². The molecule has 5 nitrogen and oxygen atoms in total. The third kappa shape index (κ3) is 13.4. The standard InChI is InChI=1S/C97H98BN5/c1-94(2,3)78-49-75(50-79(61-78)95(4,5)6)91-99-92(76-51-80(96(7,8)9)62-81(52-76)97(10,11)12)101-93(100-91)77-59-88-90-89(60-77)103(83-55-73(67-39-27-17-28-40-67)48-74(56-83)68-41-29-18-30-42-68)87-58-70(64-33-21-14-22-34-64)44-46-85(87)98(90)84-45-43-69(63-31-19-13-20-32-63)57-86(84)102(88)82-53-71(65-35-23-15-24-36-65)47-72(54-82)66-37-25-16-26-38-66/h15-18,23-30,35-64H,13-14,19-22,31-34H2,1-12H3. The van der Waals surface area contributed by atoms with Crippen molar-refractivity contribution < 1.29 is 0 Å². The number of fused-ring (bicyclic) bond motifs is 4. The number of benzene rings is 11. The minimum absolute atomic E-state index is 0.134. The molecule has 6 heteroatoms. The minimum Gasteiger partial charge on any atom is -0.311 e. The first-order chi connectivity index (χ1) is 49.5. The van der Waals surface area contributed by atoms with Crippen molar-refractivity contribution in [2.45, 2.75) is 181 Å². The van der Waals surface area contributed by atoms with Gasteiger partial charge >= 0.3 is 0 Å². The molecule has 0 bridgehead atoms. The van der Waals surface area contributed by atoms with Gasteiger partial charge in [-0.25, -0.2) is 15.0 Å². The van der Waals surface area contributed by atoms with Gasteiger partial charge in [0.1, 0.15) is 0 Å². The number of anilines is 6. The molecule has 514 valence electrons. The molecule has 0 radical (unpaired) electrons. The maximum absolute atomic E-state index is 5.94. The van der Waals surface area contributed by atoms with E-state index >= 15 is 0 Å². The van der Waals surface area contributed by atoms with E-state index in [1.165, 1.54) is 148 Å². The Morgan fingerprint density at radius 2 is 0.563 bits per heavy atom. The van der Waals surface area contributed by atoms with Crippen LogP contribution >= 0.6 is 0 Å². The summed E-state index contributed by atoms with van der Waals surface area (Å²) in [7, 11) is 0. The number of aromatic nitrogens is 3. The number of rotatable bonds is 11. The summed E-state index contributed by atoms with van der Waals surface area (Å²) in [6, 6.07) is 93.2. The van der Waals surface area contributed by atoms with Crippen LogP contribution < -0.4 is 26.2 Å². The Labute approximate surface area is 613 Å². The third-order valence-electron chi connectivity index (χ3n) is 22.8. The Bertz CT molecular complexity index is 4660. The van der Waals surface area contributed by atoms with Crippen LogP contribution in [0.15, 0.2) is 243 Å². The maximum atomic E-state index is 5.94. The van der Waals surface area contributed by atoms with Crippen molar-refractivity contribution in [3.05, 3.63) is 276 Å². The zero-order chi connectivity index (χ0) is 71.1. The Morgan fingerprint density at radius 1 is 0.272 bits per heavy atom. The van der Waals surface area contributed by atoms with Gasteiger partial charge in [0, 0.05) is 50.8 Å². The molecule has 11 aromatic carbocycles. The zero-order valence-corrected chi connectivity index (χ0v) is 62.6. The Balaban J connectivity index is 1.06. The first-order valence-electron chi connectivity index (χ1n) is 38.2. The lowest BCUT2D eigenvalue weighted by Crippen LogP contribution is -2.61. The van der Waals surface area contributed by atoms with E-state index in [-0.39, 0.29) is 28.4 Å². The van der Waals surface area contributed by atoms with Crippen LogP contribution in [-0.2, 0) is 21.7 Å². The lowest BCUT2D eigenvalue weighted by Gasteiger charge is -2.45. The van der Waals surface area contributed by atoms with E-state index in [1.54, 1.807) is 0 Å². The van der Waals surface area contributed by atoms with Gasteiger partial charge in [-0.05, 0) is 238 Å². The highest BCUT2D eigenvalue weighted by Crippen LogP contribution is 2.51. The average molecular weight is 1340 g/mol. The number of hydrogen-bond donors (Lipinski definition) is 0. The van der Waals surface area contributed by atoms with E-state index in [2.05, 4.69) is 336 Å². The van der Waals surface area contributed by atoms with E-state index in [0.29, 0.717) is 29.3 Å². The SMILES string of the molecule is CC(C)(C)c1cc(-c2nc(-c3cc(C(C)(C)C)cc(C(C)(C)C)c3)nc(-c3cc4c5c(c3)N(c3cc(-c6ccccc6)cc(-c6ccccc6)c3)c3cc(C6CCCCC6)ccc3B5c3ccc(C5CCCCC5)cc3N4c3cc(-c4ccccc4)cc(-c4ccccc4)c3)n2)cc(C(C)(C)C)c1. The van der Waals surface area contributed by atoms with Crippen LogP contribution in [0.25, 0.3) is 78.7 Å². The number of hydrogen-bond acceptors (Lipinski definition) is 5. The van der Waals surface area contributed by atoms with Crippen LogP contribution in [0.5, 0.6) is 0 Å². The lowest BCUT2D eigenvalue weighted by molar-refractivity contribution is 0.444. The molecule has 103 heavy (non-hydrogen) atoms. The minimum atomic E-state index is -0.154. The van der Waals surface area contributed by atoms with Gasteiger partial charge in [0.05, 0.1) is 0 Å². The van der Waals surface area contributed by atoms with Crippen LogP contribution in [-0.4, -0.2) is 21.7 Å². The first-order valence-corrected chi connectivity index (χ1v) is 38.2. The lowest BCUT2D eigenvalue weighted by atomic mass is 9.33. The van der Waals surface area contributed by atoms with Gasteiger partial charge in [0.2, 0.25) is 0 Å². The van der Waals surface area contributed by atoms with Gasteiger partial charge in [-0.15, -0.1) is 0 Å². The fraction of sp³-hybridized carbons (Fsp3) is 0.289. The smallest absolute Gasteiger partial charge is 0.252 e. The van der Waals surface area contributed by atoms with Gasteiger partial charge < -0.3 is 9.80 Å². The maximum Gasteiger partial charge on any atom is 0.252 e. The normalized spacial score (nSPS) is 15.0. The van der Waals surface area contributed by atoms with Crippen molar-refractivity contribution in [3.63, 3.8) is 0 Å². The highest BCUT2D eigenvalue weighted by atomic mass is 15.2. The van der Waals surface area contributed by atoms with Gasteiger partial charge in [0.25, 0.3) is 6.71 Å². The molecule has 0 amide bonds. The quantitative estimate of drug-likeness (QED) is 0.121. The predicted molar refractivity (Wildman–Crippen MR) is 438 cm³/mol. The summed E-state index contributed by atoms with van der Waals surface area (Å²) in [6.07, 6.45) is 12.4. The van der Waals surface area contributed by atoms with Crippen LogP contribution in [0, 0.1) is 0 Å². The van der Waals surface area contributed by atoms with Crippen molar-refractivity contribution >= 4 is 57.2 Å². The van der Waals surface area contributed by atoms with Crippen molar-refractivity contribution in [1.82, 2.24) is 15.0 Å². The van der Waals surface area contributed by atoms with E-state index in [0.717, 1.165) is 61.7 Å². The molecule has 0 spiro atoms. The molecule has 0 atom stereocenters. The molecular formula is C97H98BN5. The van der Waals surface area contributed by atoms with Crippen molar-refractivity contribution in [2.75, 3.05) is 9.80 Å². The Morgan fingerprint density at radius 3 is 0.854 bits per heavy atom. The summed E-state index contributed by atoms with van der Waals surface area (Å²) < 4.78 is 0. The van der Waals surface area contributed by atoms with Gasteiger partial charge in [0.15, 0.2) is 17.5 Å². The molecule has 2 fully saturated rings. The van der Waals surface area contributed by atoms with Crippen molar-refractivity contribution in [3.8, 4) is 78.7 Å². The molecular weight excluding hydrogens is 1250 g/mol. The summed E-state index contributed by atoms with van der Waals surface area (Å²) >= 11 is 0. The summed E-state index contributed by atoms with van der Waals surface area (Å²) in [4.78, 5) is 23.0. The average Bonchev–Trinajstić information content (AvgIpc) is 0.693. The largest absolute Gasteiger partial charge is 0.311 e. The van der Waals surface area contributed by atoms with Gasteiger partial charge in [-0.3, -0.25) is 0 Å². The molecule has 2 aliphatic heterocycles. The predicted octanol–water partition coefficient (Wildman–Crippen LogP) is 24.9. The molecule has 0 unspecified atom stereocenters. The molecule has 1 aromatic heterocycles. The second-order valence-electron chi connectivity index (χ2n) is 34.2. The van der Waals surface area contributed by atoms with Crippen LogP contribution in [0.2, 0.25) is 0 Å². The molecule has 0 N–H and O–H groups in total. The Hall–Kier alpha value is -9.91. The van der Waals surface area contributed by atoms with Crippen molar-refractivity contribution in [2.24, 2.45) is 0 Å². The Kier molecular flexibility index (Phi) is 17.5. The fourth-order valence-electron chi connectivity index (χ4n) is 16.8. The summed E-state index contributed by atoms with van der Waals surface area (Å²) in [5, 5.41) is 0. The summed E-state index contributed by atoms with van der Waals surface area (Å²) in [5.74, 6) is 2.88. The first kappa shape index (κ1) is 67.6. The molecule has 2 aliphatic carbocycles. The highest BCUT2D eigenvalue weighted by Gasteiger charge is 2.45. The molecule has 16 rings (SSSR count). The third-order valence-corrected chi connectivity index (χ3v) is 22.8. The van der Waals surface area contributed by atoms with E-state index in [1.807, 2.05) is 0 Å². The van der Waals surface area contributed by atoms with Crippen LogP contribution in [0.3, 0.4) is 0 Å². The highest BCUT2D eigenvalue weighted by molar-refractivity contribution is 7.00. The monoisotopic (exact) mass is 1340 g/mol. The van der Waals surface area contributed by atoms with E-state index < -0.39 is 0 Å². The molecule has 2 saturated carbocycles. The number of nitrogens with zero attached hydrogens (tertiary/aromatic N) is 5. The second kappa shape index (κ2) is 26.7. The molecule has 12 aromatic rings. The zero-order valence-electron chi connectivity index (χ0n) is 62.6. The van der Waals surface area contributed by atoms with Crippen LogP contribution in [0.1, 0.15) is 193 Å². The fourth-order valence-corrected chi connectivity index (χ4v) is 16.8. The van der Waals surface area contributed by atoms with E-state index in [4.69, 9.17) is 15.0 Å². The van der Waals surface area contributed by atoms with Crippen LogP contribution in [0.4, 0.5) is 34.1 Å².